The van der Waals surface area contributed by atoms with E-state index < -0.39 is 52.6 Å². The van der Waals surface area contributed by atoms with Crippen molar-refractivity contribution in [1.29, 1.82) is 0 Å². The first-order chi connectivity index (χ1) is 22.4. The molecule has 4 aromatic carbocycles. The Kier molecular flexibility index (Phi) is 9.47. The molecule has 0 saturated heterocycles. The first-order valence-electron chi connectivity index (χ1n) is 13.9. The zero-order valence-corrected chi connectivity index (χ0v) is 24.6. The number of anilines is 2. The van der Waals surface area contributed by atoms with Gasteiger partial charge >= 0.3 is 35.8 Å². The Bertz CT molecular complexity index is 1640. The monoisotopic (exact) mass is 714 g/mol. The van der Waals surface area contributed by atoms with E-state index in [2.05, 4.69) is 0 Å². The molecule has 0 bridgehead atoms. The summed E-state index contributed by atoms with van der Waals surface area (Å²) in [5, 5.41) is 0. The molecule has 4 rings (SSSR count). The van der Waals surface area contributed by atoms with Gasteiger partial charge in [-0.2, -0.15) is 57.1 Å². The van der Waals surface area contributed by atoms with E-state index in [1.54, 1.807) is 24.3 Å². The highest BCUT2D eigenvalue weighted by Gasteiger charge is 2.93. The lowest BCUT2D eigenvalue weighted by Gasteiger charge is -2.44. The Labute approximate surface area is 269 Å². The van der Waals surface area contributed by atoms with Crippen LogP contribution in [0, 0.1) is 0 Å². The van der Waals surface area contributed by atoms with Crippen LogP contribution in [-0.4, -0.2) is 35.8 Å². The lowest BCUT2D eigenvalue weighted by molar-refractivity contribution is -0.446. The van der Waals surface area contributed by atoms with Gasteiger partial charge in [0, 0.05) is 11.4 Å². The van der Waals surface area contributed by atoms with E-state index in [-0.39, 0.29) is 24.0 Å². The van der Waals surface area contributed by atoms with Crippen molar-refractivity contribution >= 4 is 11.4 Å². The quantitative estimate of drug-likeness (QED) is 0.120. The molecule has 0 aliphatic rings. The van der Waals surface area contributed by atoms with E-state index in [4.69, 9.17) is 11.5 Å². The van der Waals surface area contributed by atoms with Crippen molar-refractivity contribution in [1.82, 2.24) is 0 Å². The maximum atomic E-state index is 16.9. The number of alkyl halides is 14. The van der Waals surface area contributed by atoms with Gasteiger partial charge in [0.1, 0.15) is 0 Å². The summed E-state index contributed by atoms with van der Waals surface area (Å²) in [4.78, 5) is 0. The van der Waals surface area contributed by atoms with Crippen LogP contribution in [0.3, 0.4) is 0 Å². The van der Waals surface area contributed by atoms with Gasteiger partial charge in [0.25, 0.3) is 0 Å². The van der Waals surface area contributed by atoms with Crippen molar-refractivity contribution in [3.05, 3.63) is 130 Å². The predicted octanol–water partition coefficient (Wildman–Crippen LogP) is 9.98. The van der Waals surface area contributed by atoms with Gasteiger partial charge in [-0.25, -0.2) is 4.39 Å². The van der Waals surface area contributed by atoms with E-state index in [0.29, 0.717) is 46.8 Å². The average molecular weight is 715 g/mol. The zero-order valence-electron chi connectivity index (χ0n) is 24.6. The van der Waals surface area contributed by atoms with Crippen molar-refractivity contribution in [2.75, 3.05) is 11.5 Å². The predicted molar refractivity (Wildman–Crippen MR) is 153 cm³/mol. The third-order valence-corrected chi connectivity index (χ3v) is 7.85. The molecule has 0 heterocycles. The molecule has 0 unspecified atom stereocenters. The lowest BCUT2D eigenvalue weighted by atomic mass is 9.76. The van der Waals surface area contributed by atoms with E-state index in [0.717, 1.165) is 24.3 Å². The standard InChI is InChI=1S/C33H24F14N2/c34-27(23-9-1-19(2-10-23)17-21-5-13-25(48)14-6-21,24-11-3-20(4-12-24)18-22-7-15-26(49)16-8-22)28(35,36)29(37,38)30(39,40)31(41,42)32(43,44)33(45,46)47/h1-16H,17-18,48-49H2. The van der Waals surface area contributed by atoms with E-state index in [1.165, 1.54) is 24.3 Å². The molecule has 0 aromatic heterocycles. The van der Waals surface area contributed by atoms with Crippen LogP contribution in [0.5, 0.6) is 0 Å². The molecule has 2 nitrogen and oxygen atoms in total. The van der Waals surface area contributed by atoms with Crippen LogP contribution in [-0.2, 0) is 18.5 Å². The fourth-order valence-corrected chi connectivity index (χ4v) is 4.96. The number of rotatable bonds is 11. The minimum atomic E-state index is -8.18. The Morgan fingerprint density at radius 3 is 0.857 bits per heavy atom. The molecule has 4 aromatic rings. The van der Waals surface area contributed by atoms with Gasteiger partial charge in [0.15, 0.2) is 0 Å². The number of hydrogen-bond donors (Lipinski definition) is 2. The summed E-state index contributed by atoms with van der Waals surface area (Å²) in [6.07, 6.45) is -7.56. The van der Waals surface area contributed by atoms with E-state index in [9.17, 15) is 39.5 Å². The molecule has 0 fully saturated rings. The Balaban J connectivity index is 1.85. The van der Waals surface area contributed by atoms with Crippen LogP contribution < -0.4 is 11.5 Å². The van der Waals surface area contributed by atoms with Gasteiger partial charge in [0.2, 0.25) is 5.67 Å². The number of nitrogens with two attached hydrogens (primary N) is 2. The average Bonchev–Trinajstić information content (AvgIpc) is 3.02. The van der Waals surface area contributed by atoms with E-state index in [1.807, 2.05) is 0 Å². The molecule has 0 spiro atoms. The van der Waals surface area contributed by atoms with Gasteiger partial charge in [-0.1, -0.05) is 72.8 Å². The Hall–Kier alpha value is -4.50. The molecule has 49 heavy (non-hydrogen) atoms. The molecule has 0 amide bonds. The molecular weight excluding hydrogens is 690 g/mol. The second kappa shape index (κ2) is 12.4. The minimum absolute atomic E-state index is 0.0169. The van der Waals surface area contributed by atoms with Crippen LogP contribution in [0.25, 0.3) is 0 Å². The van der Waals surface area contributed by atoms with E-state index >= 15 is 22.0 Å². The van der Waals surface area contributed by atoms with Crippen molar-refractivity contribution in [3.63, 3.8) is 0 Å². The summed E-state index contributed by atoms with van der Waals surface area (Å²) in [6, 6.07) is 17.6. The van der Waals surface area contributed by atoms with Crippen LogP contribution in [0.2, 0.25) is 0 Å². The first kappa shape index (κ1) is 37.3. The van der Waals surface area contributed by atoms with Gasteiger partial charge in [-0.15, -0.1) is 0 Å². The summed E-state index contributed by atoms with van der Waals surface area (Å²) >= 11 is 0. The van der Waals surface area contributed by atoms with Gasteiger partial charge in [0.05, 0.1) is 0 Å². The van der Waals surface area contributed by atoms with Crippen LogP contribution in [0.15, 0.2) is 97.1 Å². The van der Waals surface area contributed by atoms with Gasteiger partial charge in [-0.3, -0.25) is 0 Å². The van der Waals surface area contributed by atoms with Gasteiger partial charge in [-0.05, 0) is 70.5 Å². The van der Waals surface area contributed by atoms with Crippen LogP contribution in [0.1, 0.15) is 33.4 Å². The van der Waals surface area contributed by atoms with Gasteiger partial charge < -0.3 is 11.5 Å². The molecule has 0 saturated carbocycles. The molecule has 264 valence electrons. The first-order valence-corrected chi connectivity index (χ1v) is 13.9. The SMILES string of the molecule is Nc1ccc(Cc2ccc(C(F)(c3ccc(Cc4ccc(N)cc4)cc3)C(F)(F)C(F)(F)C(F)(F)C(F)(F)C(F)(F)C(F)(F)F)cc2)cc1. The highest BCUT2D eigenvalue weighted by Crippen LogP contribution is 2.64. The molecular formula is C33H24F14N2. The smallest absolute Gasteiger partial charge is 0.399 e. The fourth-order valence-electron chi connectivity index (χ4n) is 4.96. The van der Waals surface area contributed by atoms with Crippen LogP contribution >= 0.6 is 0 Å². The summed E-state index contributed by atoms with van der Waals surface area (Å²) in [7, 11) is 0. The Morgan fingerprint density at radius 1 is 0.327 bits per heavy atom. The topological polar surface area (TPSA) is 52.0 Å². The van der Waals surface area contributed by atoms with Crippen molar-refractivity contribution in [3.8, 4) is 0 Å². The zero-order chi connectivity index (χ0) is 36.8. The second-order valence-corrected chi connectivity index (χ2v) is 11.3. The summed E-state index contributed by atoms with van der Waals surface area (Å²) in [5.41, 5.74) is 5.21. The van der Waals surface area contributed by atoms with Crippen molar-refractivity contribution in [2.45, 2.75) is 54.3 Å². The molecule has 0 radical (unpaired) electrons. The third kappa shape index (κ3) is 6.25. The number of halogens is 14. The third-order valence-electron chi connectivity index (χ3n) is 7.85. The number of hydrogen-bond acceptors (Lipinski definition) is 2. The maximum Gasteiger partial charge on any atom is 0.460 e. The summed E-state index contributed by atoms with van der Waals surface area (Å²) < 4.78 is 201. The molecule has 0 atom stereocenters. The highest BCUT2D eigenvalue weighted by atomic mass is 19.4. The molecule has 0 aliphatic heterocycles. The molecule has 4 N–H and O–H groups in total. The fraction of sp³-hybridized carbons (Fsp3) is 0.273. The van der Waals surface area contributed by atoms with Crippen LogP contribution in [0.4, 0.5) is 72.8 Å². The summed E-state index contributed by atoms with van der Waals surface area (Å²) in [6.45, 7) is 0. The number of benzene rings is 4. The highest BCUT2D eigenvalue weighted by molar-refractivity contribution is 5.46. The normalized spacial score (nSPS) is 13.8. The Morgan fingerprint density at radius 2 is 0.571 bits per heavy atom. The summed E-state index contributed by atoms with van der Waals surface area (Å²) in [5.74, 6) is -39.3. The number of nitrogen functional groups attached to an aromatic ring is 2. The molecule has 0 aliphatic carbocycles. The largest absolute Gasteiger partial charge is 0.460 e. The minimum Gasteiger partial charge on any atom is -0.399 e. The maximum absolute atomic E-state index is 16.9. The van der Waals surface area contributed by atoms with Crippen molar-refractivity contribution < 1.29 is 61.5 Å². The van der Waals surface area contributed by atoms with Crippen molar-refractivity contribution in [2.24, 2.45) is 0 Å². The molecule has 16 heteroatoms. The second-order valence-electron chi connectivity index (χ2n) is 11.3. The lowest BCUT2D eigenvalue weighted by Crippen LogP contribution is -2.72.